The lowest BCUT2D eigenvalue weighted by atomic mass is 9.84. The van der Waals surface area contributed by atoms with Gasteiger partial charge in [-0.1, -0.05) is 80.5 Å². The zero-order chi connectivity index (χ0) is 28.0. The first-order chi connectivity index (χ1) is 19.3. The minimum absolute atomic E-state index is 0.356. The molecule has 2 atom stereocenters. The van der Waals surface area contributed by atoms with Gasteiger partial charge >= 0.3 is 0 Å². The van der Waals surface area contributed by atoms with Gasteiger partial charge in [-0.15, -0.1) is 0 Å². The van der Waals surface area contributed by atoms with E-state index >= 15 is 0 Å². The highest BCUT2D eigenvalue weighted by Gasteiger charge is 2.18. The summed E-state index contributed by atoms with van der Waals surface area (Å²) in [4.78, 5) is 0. The number of nitrogens with zero attached hydrogens (tertiary/aromatic N) is 2. The number of aromatic nitrogens is 2. The molecule has 2 heteroatoms. The summed E-state index contributed by atoms with van der Waals surface area (Å²) < 4.78 is 20.8. The smallest absolute Gasteiger partial charge is 0.0623 e. The van der Waals surface area contributed by atoms with Gasteiger partial charge in [-0.25, -0.2) is 0 Å². The molecule has 6 rings (SSSR count). The highest BCUT2D eigenvalue weighted by atomic mass is 15.0. The molecule has 4 aromatic carbocycles. The van der Waals surface area contributed by atoms with Crippen molar-refractivity contribution in [1.29, 1.82) is 0 Å². The molecule has 0 saturated heterocycles. The van der Waals surface area contributed by atoms with Gasteiger partial charge in [-0.3, -0.25) is 0 Å². The molecule has 0 aliphatic carbocycles. The van der Waals surface area contributed by atoms with Crippen molar-refractivity contribution in [2.75, 3.05) is 0 Å². The van der Waals surface area contributed by atoms with Crippen molar-refractivity contribution in [3.05, 3.63) is 132 Å². The molecule has 0 amide bonds. The molecule has 2 heterocycles. The van der Waals surface area contributed by atoms with E-state index < -0.39 is 0 Å². The van der Waals surface area contributed by atoms with Crippen LogP contribution in [0.15, 0.2) is 109 Å². The number of hydrogen-bond donors (Lipinski definition) is 0. The molecule has 0 bridgehead atoms. The maximum atomic E-state index is 8.15. The van der Waals surface area contributed by atoms with E-state index in [0.29, 0.717) is 23.9 Å². The normalized spacial score (nSPS) is 14.0. The van der Waals surface area contributed by atoms with Crippen LogP contribution in [0.1, 0.15) is 63.5 Å². The number of hydrogen-bond acceptors (Lipinski definition) is 0. The molecule has 0 aliphatic rings. The molecular formula is C36H36N2. The van der Waals surface area contributed by atoms with Gasteiger partial charge in [0.2, 0.25) is 0 Å². The molecule has 0 spiro atoms. The summed E-state index contributed by atoms with van der Waals surface area (Å²) in [5, 5.41) is 2.24. The average Bonchev–Trinajstić information content (AvgIpc) is 3.47. The second-order valence-corrected chi connectivity index (χ2v) is 10.7. The fourth-order valence-electron chi connectivity index (χ4n) is 6.00. The first-order valence-electron chi connectivity index (χ1n) is 14.7. The van der Waals surface area contributed by atoms with Crippen LogP contribution in [-0.2, 0) is 0 Å². The third-order valence-electron chi connectivity index (χ3n) is 8.15. The highest BCUT2D eigenvalue weighted by molar-refractivity contribution is 5.87. The first-order valence-corrected chi connectivity index (χ1v) is 13.7. The first kappa shape index (κ1) is 22.0. The highest BCUT2D eigenvalue weighted by Crippen LogP contribution is 2.36. The Labute approximate surface area is 229 Å². The fraction of sp³-hybridized carbons (Fsp3) is 0.222. The Balaban J connectivity index is 1.51. The van der Waals surface area contributed by atoms with Gasteiger partial charge in [0.05, 0.1) is 13.8 Å². The lowest BCUT2D eigenvalue weighted by molar-refractivity contribution is 0.544. The molecule has 0 radical (unpaired) electrons. The van der Waals surface area contributed by atoms with Crippen molar-refractivity contribution in [3.8, 4) is 11.4 Å². The van der Waals surface area contributed by atoms with Crippen molar-refractivity contribution in [1.82, 2.24) is 9.13 Å². The monoisotopic (exact) mass is 498 g/mol. The van der Waals surface area contributed by atoms with Crippen LogP contribution in [0.25, 0.3) is 33.2 Å². The summed E-state index contributed by atoms with van der Waals surface area (Å²) in [6.45, 7) is 8.89. The van der Waals surface area contributed by atoms with E-state index in [9.17, 15) is 0 Å². The van der Waals surface area contributed by atoms with E-state index in [2.05, 4.69) is 110 Å². The molecule has 190 valence electrons. The molecule has 6 aromatic rings. The molecule has 0 N–H and O–H groups in total. The van der Waals surface area contributed by atoms with Gasteiger partial charge in [0, 0.05) is 34.5 Å². The zero-order valence-corrected chi connectivity index (χ0v) is 22.7. The SMILES string of the molecule is [2H]c1ccc2c(c1)c(C)cn2-c1cc(C(C)CC(CC)c2ccccc2)cc(-n2cc(C)c3cc([2H])ccc32)c1. The quantitative estimate of drug-likeness (QED) is 0.207. The third-order valence-corrected chi connectivity index (χ3v) is 8.15. The Morgan fingerprint density at radius 3 is 1.76 bits per heavy atom. The maximum Gasteiger partial charge on any atom is 0.0623 e. The zero-order valence-electron chi connectivity index (χ0n) is 24.7. The third kappa shape index (κ3) is 4.35. The predicted octanol–water partition coefficient (Wildman–Crippen LogP) is 9.88. The van der Waals surface area contributed by atoms with Crippen LogP contribution < -0.4 is 0 Å². The molecular weight excluding hydrogens is 460 g/mol. The summed E-state index contributed by atoms with van der Waals surface area (Å²) >= 11 is 0. The van der Waals surface area contributed by atoms with E-state index in [1.165, 1.54) is 22.3 Å². The van der Waals surface area contributed by atoms with Crippen LogP contribution in [0, 0.1) is 13.8 Å². The summed E-state index contributed by atoms with van der Waals surface area (Å²) in [6.07, 6.45) is 6.57. The van der Waals surface area contributed by atoms with Crippen molar-refractivity contribution >= 4 is 21.8 Å². The topological polar surface area (TPSA) is 9.86 Å². The Morgan fingerprint density at radius 2 is 1.24 bits per heavy atom. The van der Waals surface area contributed by atoms with Crippen LogP contribution in [0.2, 0.25) is 0 Å². The lowest BCUT2D eigenvalue weighted by Gasteiger charge is -2.22. The number of benzene rings is 4. The molecule has 0 fully saturated rings. The maximum absolute atomic E-state index is 8.15. The van der Waals surface area contributed by atoms with Gasteiger partial charge in [0.15, 0.2) is 0 Å². The average molecular weight is 499 g/mol. The number of para-hydroxylation sites is 2. The number of fused-ring (bicyclic) bond motifs is 2. The Kier molecular flexibility index (Phi) is 5.80. The van der Waals surface area contributed by atoms with Gasteiger partial charge in [0.1, 0.15) is 0 Å². The minimum Gasteiger partial charge on any atom is -0.316 e. The minimum atomic E-state index is 0.356. The van der Waals surface area contributed by atoms with E-state index in [1.54, 1.807) is 0 Å². The summed E-state index contributed by atoms with van der Waals surface area (Å²) in [5.74, 6) is 0.855. The van der Waals surface area contributed by atoms with Crippen molar-refractivity contribution in [3.63, 3.8) is 0 Å². The standard InChI is InChI=1S/C36H36N2/c1-5-28(29-13-7-6-8-14-29)19-25(2)30-20-31(37-23-26(3)33-15-9-11-17-35(33)37)22-32(21-30)38-24-27(4)34-16-10-12-18-36(34)38/h6-18,20-25,28H,5,19H2,1-4H3/i9D,10D. The van der Waals surface area contributed by atoms with Crippen LogP contribution in [0.5, 0.6) is 0 Å². The van der Waals surface area contributed by atoms with E-state index in [-0.39, 0.29) is 0 Å². The summed E-state index contributed by atoms with van der Waals surface area (Å²) in [6, 6.07) is 30.7. The van der Waals surface area contributed by atoms with E-state index in [4.69, 9.17) is 2.74 Å². The predicted molar refractivity (Wildman–Crippen MR) is 162 cm³/mol. The summed E-state index contributed by atoms with van der Waals surface area (Å²) in [7, 11) is 0. The van der Waals surface area contributed by atoms with Crippen LogP contribution in [0.3, 0.4) is 0 Å². The Morgan fingerprint density at radius 1 is 0.684 bits per heavy atom. The molecule has 2 aromatic heterocycles. The molecule has 0 aliphatic heterocycles. The van der Waals surface area contributed by atoms with Crippen LogP contribution >= 0.6 is 0 Å². The molecule has 2 nitrogen and oxygen atoms in total. The molecule has 0 saturated carbocycles. The molecule has 2 unspecified atom stereocenters. The van der Waals surface area contributed by atoms with Gasteiger partial charge in [0.25, 0.3) is 0 Å². The Bertz CT molecular complexity index is 1720. The van der Waals surface area contributed by atoms with E-state index in [1.807, 2.05) is 24.3 Å². The second kappa shape index (κ2) is 10.0. The molecule has 38 heavy (non-hydrogen) atoms. The van der Waals surface area contributed by atoms with Crippen LogP contribution in [-0.4, -0.2) is 9.13 Å². The van der Waals surface area contributed by atoms with E-state index in [0.717, 1.165) is 46.0 Å². The second-order valence-electron chi connectivity index (χ2n) is 10.7. The van der Waals surface area contributed by atoms with Gasteiger partial charge in [-0.05, 0) is 91.1 Å². The largest absolute Gasteiger partial charge is 0.316 e. The van der Waals surface area contributed by atoms with Gasteiger partial charge < -0.3 is 9.13 Å². The van der Waals surface area contributed by atoms with Gasteiger partial charge in [-0.2, -0.15) is 0 Å². The Hall–Kier alpha value is -4.04. The van der Waals surface area contributed by atoms with Crippen LogP contribution in [0.4, 0.5) is 0 Å². The van der Waals surface area contributed by atoms with Crippen molar-refractivity contribution in [2.24, 2.45) is 0 Å². The fourth-order valence-corrected chi connectivity index (χ4v) is 6.00. The van der Waals surface area contributed by atoms with Crippen molar-refractivity contribution in [2.45, 2.75) is 52.4 Å². The van der Waals surface area contributed by atoms with Crippen molar-refractivity contribution < 1.29 is 2.74 Å². The number of rotatable bonds is 7. The lowest BCUT2D eigenvalue weighted by Crippen LogP contribution is -2.06. The number of aryl methyl sites for hydroxylation is 2. The summed E-state index contributed by atoms with van der Waals surface area (Å²) in [5.41, 5.74) is 9.55.